The molecule has 3 aromatic heterocycles. The molecule has 0 saturated carbocycles. The van der Waals surface area contributed by atoms with Gasteiger partial charge in [0.25, 0.3) is 0 Å². The summed E-state index contributed by atoms with van der Waals surface area (Å²) < 4.78 is 2.16. The zero-order chi connectivity index (χ0) is 18.9. The van der Waals surface area contributed by atoms with Crippen molar-refractivity contribution in [1.29, 1.82) is 0 Å². The van der Waals surface area contributed by atoms with Gasteiger partial charge in [0.2, 0.25) is 0 Å². The van der Waals surface area contributed by atoms with E-state index < -0.39 is 0 Å². The monoisotopic (exact) mass is 369 g/mol. The third kappa shape index (κ3) is 2.77. The van der Waals surface area contributed by atoms with Gasteiger partial charge in [0.15, 0.2) is 5.82 Å². The van der Waals surface area contributed by atoms with E-state index in [4.69, 9.17) is 4.98 Å². The van der Waals surface area contributed by atoms with Gasteiger partial charge in [0, 0.05) is 29.4 Å². The van der Waals surface area contributed by atoms with Gasteiger partial charge in [0.05, 0.1) is 23.4 Å². The number of hydrogen-bond donors (Lipinski definition) is 2. The largest absolute Gasteiger partial charge is 0.353 e. The van der Waals surface area contributed by atoms with Crippen molar-refractivity contribution < 1.29 is 0 Å². The highest BCUT2D eigenvalue weighted by Crippen LogP contribution is 2.35. The maximum Gasteiger partial charge on any atom is 0.176 e. The van der Waals surface area contributed by atoms with E-state index in [1.54, 1.807) is 0 Å². The lowest BCUT2D eigenvalue weighted by molar-refractivity contribution is 0.676. The summed E-state index contributed by atoms with van der Waals surface area (Å²) in [5, 5.41) is 15.5. The summed E-state index contributed by atoms with van der Waals surface area (Å²) in [6.07, 6.45) is 2.57. The first-order valence-corrected chi connectivity index (χ1v) is 9.22. The van der Waals surface area contributed by atoms with Gasteiger partial charge in [-0.25, -0.2) is 4.98 Å². The number of aryl methyl sites for hydroxylation is 3. The highest BCUT2D eigenvalue weighted by atomic mass is 15.5. The molecule has 2 N–H and O–H groups in total. The molecule has 0 amide bonds. The van der Waals surface area contributed by atoms with E-state index in [0.29, 0.717) is 18.8 Å². The second-order valence-electron chi connectivity index (χ2n) is 6.75. The van der Waals surface area contributed by atoms with Crippen LogP contribution in [-0.2, 0) is 13.0 Å². The van der Waals surface area contributed by atoms with Crippen molar-refractivity contribution in [3.63, 3.8) is 0 Å². The zero-order valence-corrected chi connectivity index (χ0v) is 15.4. The van der Waals surface area contributed by atoms with E-state index in [1.165, 1.54) is 10.9 Å². The lowest BCUT2D eigenvalue weighted by atomic mass is 10.1. The quantitative estimate of drug-likeness (QED) is 0.494. The highest BCUT2D eigenvalue weighted by Gasteiger charge is 2.20. The Morgan fingerprint density at radius 2 is 1.82 bits per heavy atom. The zero-order valence-electron chi connectivity index (χ0n) is 15.4. The van der Waals surface area contributed by atoms with Gasteiger partial charge in [0.1, 0.15) is 0 Å². The number of aromatic amines is 2. The lowest BCUT2D eigenvalue weighted by Crippen LogP contribution is -2.04. The Hall–Kier alpha value is -3.74. The van der Waals surface area contributed by atoms with Crippen LogP contribution >= 0.6 is 0 Å². The third-order valence-electron chi connectivity index (χ3n) is 5.05. The first-order chi connectivity index (χ1) is 13.8. The predicted molar refractivity (Wildman–Crippen MR) is 108 cm³/mol. The van der Waals surface area contributed by atoms with E-state index >= 15 is 0 Å². The summed E-state index contributed by atoms with van der Waals surface area (Å²) in [7, 11) is 0. The van der Waals surface area contributed by atoms with Crippen molar-refractivity contribution in [2.75, 3.05) is 0 Å². The molecule has 0 atom stereocenters. The van der Waals surface area contributed by atoms with Crippen LogP contribution in [0.2, 0.25) is 0 Å². The molecular weight excluding hydrogens is 350 g/mol. The maximum absolute atomic E-state index is 4.75. The SMILES string of the molecule is Cc1c(-c2c(-c3ccccc3)ncn2CCc2nn[nH]n2)[nH]c2ccccc12. The number of benzene rings is 2. The van der Waals surface area contributed by atoms with Gasteiger partial charge in [-0.1, -0.05) is 53.7 Å². The van der Waals surface area contributed by atoms with Gasteiger partial charge in [-0.3, -0.25) is 0 Å². The number of nitrogens with one attached hydrogen (secondary N) is 2. The molecule has 0 aliphatic rings. The van der Waals surface area contributed by atoms with Crippen molar-refractivity contribution in [3.8, 4) is 22.6 Å². The molecule has 0 bridgehead atoms. The minimum atomic E-state index is 0.674. The predicted octanol–water partition coefficient (Wildman–Crippen LogP) is 3.76. The van der Waals surface area contributed by atoms with E-state index in [-0.39, 0.29) is 0 Å². The number of tetrazole rings is 1. The maximum atomic E-state index is 4.75. The molecule has 0 saturated heterocycles. The van der Waals surface area contributed by atoms with Crippen LogP contribution in [0.5, 0.6) is 0 Å². The van der Waals surface area contributed by atoms with E-state index in [9.17, 15) is 0 Å². The molecule has 28 heavy (non-hydrogen) atoms. The highest BCUT2D eigenvalue weighted by molar-refractivity contribution is 5.92. The Morgan fingerprint density at radius 3 is 2.61 bits per heavy atom. The van der Waals surface area contributed by atoms with Crippen LogP contribution in [0.4, 0.5) is 0 Å². The number of aromatic nitrogens is 7. The Morgan fingerprint density at radius 1 is 1.00 bits per heavy atom. The Labute approximate surface area is 161 Å². The Kier molecular flexibility index (Phi) is 3.97. The normalized spacial score (nSPS) is 11.3. The van der Waals surface area contributed by atoms with Gasteiger partial charge in [-0.2, -0.15) is 5.21 Å². The van der Waals surface area contributed by atoms with Gasteiger partial charge < -0.3 is 9.55 Å². The smallest absolute Gasteiger partial charge is 0.176 e. The molecule has 0 fully saturated rings. The number of rotatable bonds is 5. The fourth-order valence-corrected chi connectivity index (χ4v) is 3.65. The van der Waals surface area contributed by atoms with Crippen molar-refractivity contribution in [3.05, 3.63) is 72.3 Å². The molecule has 138 valence electrons. The molecule has 0 radical (unpaired) electrons. The molecule has 5 aromatic rings. The number of hydrogen-bond acceptors (Lipinski definition) is 4. The van der Waals surface area contributed by atoms with E-state index in [0.717, 1.165) is 28.2 Å². The van der Waals surface area contributed by atoms with Crippen molar-refractivity contribution in [2.24, 2.45) is 0 Å². The van der Waals surface area contributed by atoms with Gasteiger partial charge in [-0.05, 0) is 18.6 Å². The fourth-order valence-electron chi connectivity index (χ4n) is 3.65. The molecule has 7 nitrogen and oxygen atoms in total. The van der Waals surface area contributed by atoms with Crippen LogP contribution in [0.3, 0.4) is 0 Å². The molecule has 0 unspecified atom stereocenters. The van der Waals surface area contributed by atoms with Crippen molar-refractivity contribution in [1.82, 2.24) is 35.2 Å². The summed E-state index contributed by atoms with van der Waals surface area (Å²) >= 11 is 0. The van der Waals surface area contributed by atoms with Crippen LogP contribution in [-0.4, -0.2) is 35.2 Å². The Balaban J connectivity index is 1.66. The summed E-state index contributed by atoms with van der Waals surface area (Å²) in [4.78, 5) is 8.35. The summed E-state index contributed by atoms with van der Waals surface area (Å²) in [6, 6.07) is 18.6. The first-order valence-electron chi connectivity index (χ1n) is 9.22. The molecule has 5 rings (SSSR count). The molecule has 0 spiro atoms. The van der Waals surface area contributed by atoms with Gasteiger partial charge >= 0.3 is 0 Å². The Bertz CT molecular complexity index is 1220. The van der Waals surface area contributed by atoms with Gasteiger partial charge in [-0.15, -0.1) is 10.2 Å². The summed E-state index contributed by atoms with van der Waals surface area (Å²) in [5.41, 5.74) is 6.56. The van der Waals surface area contributed by atoms with Crippen LogP contribution in [0.25, 0.3) is 33.5 Å². The first kappa shape index (κ1) is 16.4. The molecule has 0 aliphatic heterocycles. The number of H-pyrrole nitrogens is 2. The molecule has 7 heteroatoms. The number of nitrogens with zero attached hydrogens (tertiary/aromatic N) is 5. The molecule has 3 heterocycles. The van der Waals surface area contributed by atoms with Crippen LogP contribution in [0.1, 0.15) is 11.4 Å². The van der Waals surface area contributed by atoms with Crippen LogP contribution < -0.4 is 0 Å². The fraction of sp³-hybridized carbons (Fsp3) is 0.143. The average Bonchev–Trinajstić information content (AvgIpc) is 3.46. The van der Waals surface area contributed by atoms with Crippen LogP contribution in [0, 0.1) is 6.92 Å². The topological polar surface area (TPSA) is 88.1 Å². The average molecular weight is 369 g/mol. The summed E-state index contributed by atoms with van der Waals surface area (Å²) in [6.45, 7) is 2.86. The third-order valence-corrected chi connectivity index (χ3v) is 5.05. The van der Waals surface area contributed by atoms with Crippen molar-refractivity contribution >= 4 is 10.9 Å². The van der Waals surface area contributed by atoms with E-state index in [1.807, 2.05) is 30.6 Å². The molecular formula is C21H19N7. The second kappa shape index (κ2) is 6.77. The summed E-state index contributed by atoms with van der Waals surface area (Å²) in [5.74, 6) is 0.689. The minimum Gasteiger partial charge on any atom is -0.353 e. The van der Waals surface area contributed by atoms with Crippen molar-refractivity contribution in [2.45, 2.75) is 19.9 Å². The number of para-hydroxylation sites is 1. The molecule has 0 aliphatic carbocycles. The number of imidazole rings is 1. The minimum absolute atomic E-state index is 0.674. The van der Waals surface area contributed by atoms with Crippen LogP contribution in [0.15, 0.2) is 60.9 Å². The standard InChI is InChI=1S/C21H19N7/c1-14-16-9-5-6-10-17(16)23-19(14)21-20(15-7-3-2-4-8-15)22-13-28(21)12-11-18-24-26-27-25-18/h2-10,13,23H,11-12H2,1H3,(H,24,25,26,27). The van der Waals surface area contributed by atoms with E-state index in [2.05, 4.69) is 67.4 Å². The number of fused-ring (bicyclic) bond motifs is 1. The second-order valence-corrected chi connectivity index (χ2v) is 6.75. The molecule has 2 aromatic carbocycles. The lowest BCUT2D eigenvalue weighted by Gasteiger charge is -2.10.